The average molecular weight is 410 g/mol. The second-order valence-corrected chi connectivity index (χ2v) is 7.49. The molecule has 0 spiro atoms. The van der Waals surface area contributed by atoms with Crippen molar-refractivity contribution in [2.24, 2.45) is 5.11 Å². The standard InChI is InChI=1S/C21H23FN6O2/c1-2-20-19-6-13-5-16(17(22)7-18(13)28(19)21(29)30-20)12-3-4-15(26-8-12)11-25-9-14(23)10-27-24/h3-5,7-8,19-20,23-25H,2,6,9-11H2,1H3. The van der Waals surface area contributed by atoms with Gasteiger partial charge in [0.05, 0.1) is 24.0 Å². The number of amides is 1. The minimum absolute atomic E-state index is 0.0692. The van der Waals surface area contributed by atoms with Crippen LogP contribution in [0.4, 0.5) is 14.9 Å². The average Bonchev–Trinajstić information content (AvgIpc) is 3.25. The summed E-state index contributed by atoms with van der Waals surface area (Å²) in [6.07, 6.45) is 2.44. The Labute approximate surface area is 173 Å². The Morgan fingerprint density at radius 2 is 2.27 bits per heavy atom. The number of nitrogens with zero attached hydrogens (tertiary/aromatic N) is 3. The minimum Gasteiger partial charge on any atom is -0.444 e. The molecule has 9 heteroatoms. The molecule has 8 nitrogen and oxygen atoms in total. The SMILES string of the molecule is CCC1OC(=O)N2c3cc(F)c(-c4ccc(CNCC(=N)CN=N)nc4)cc3CC12. The number of fused-ring (bicyclic) bond motifs is 3. The first kappa shape index (κ1) is 20.1. The molecule has 2 atom stereocenters. The van der Waals surface area contributed by atoms with Gasteiger partial charge < -0.3 is 15.5 Å². The smallest absolute Gasteiger partial charge is 0.415 e. The molecule has 0 saturated carbocycles. The van der Waals surface area contributed by atoms with Crippen LogP contribution in [0.15, 0.2) is 35.6 Å². The van der Waals surface area contributed by atoms with Crippen LogP contribution in [0.1, 0.15) is 24.6 Å². The van der Waals surface area contributed by atoms with Crippen molar-refractivity contribution >= 4 is 17.5 Å². The van der Waals surface area contributed by atoms with Crippen molar-refractivity contribution in [3.05, 3.63) is 47.5 Å². The summed E-state index contributed by atoms with van der Waals surface area (Å²) in [5.41, 5.74) is 10.5. The maximum Gasteiger partial charge on any atom is 0.415 e. The minimum atomic E-state index is -0.402. The Morgan fingerprint density at radius 1 is 1.43 bits per heavy atom. The predicted molar refractivity (Wildman–Crippen MR) is 110 cm³/mol. The molecule has 30 heavy (non-hydrogen) atoms. The molecule has 3 heterocycles. The number of rotatable bonds is 8. The highest BCUT2D eigenvalue weighted by molar-refractivity contribution is 5.94. The number of cyclic esters (lactones) is 1. The fourth-order valence-electron chi connectivity index (χ4n) is 4.04. The quantitative estimate of drug-likeness (QED) is 0.455. The summed E-state index contributed by atoms with van der Waals surface area (Å²) in [5, 5.41) is 13.8. The van der Waals surface area contributed by atoms with Crippen molar-refractivity contribution in [1.82, 2.24) is 10.3 Å². The van der Waals surface area contributed by atoms with E-state index in [4.69, 9.17) is 15.7 Å². The van der Waals surface area contributed by atoms with E-state index in [1.807, 2.05) is 25.1 Å². The number of hydrogen-bond donors (Lipinski definition) is 3. The molecule has 0 bridgehead atoms. The van der Waals surface area contributed by atoms with E-state index in [-0.39, 0.29) is 18.7 Å². The number of nitrogens with one attached hydrogen (secondary N) is 3. The summed E-state index contributed by atoms with van der Waals surface area (Å²) < 4.78 is 20.3. The van der Waals surface area contributed by atoms with Gasteiger partial charge in [-0.05, 0) is 36.6 Å². The lowest BCUT2D eigenvalue weighted by Crippen LogP contribution is -2.33. The Morgan fingerprint density at radius 3 is 2.97 bits per heavy atom. The van der Waals surface area contributed by atoms with Crippen molar-refractivity contribution in [2.45, 2.75) is 38.5 Å². The van der Waals surface area contributed by atoms with Gasteiger partial charge in [0.1, 0.15) is 11.9 Å². The molecule has 1 amide bonds. The van der Waals surface area contributed by atoms with E-state index in [1.54, 1.807) is 11.1 Å². The van der Waals surface area contributed by atoms with Crippen LogP contribution in [0, 0.1) is 16.8 Å². The molecule has 1 fully saturated rings. The number of carbonyl (C=O) groups is 1. The monoisotopic (exact) mass is 410 g/mol. The van der Waals surface area contributed by atoms with Crippen LogP contribution in [0.5, 0.6) is 0 Å². The lowest BCUT2D eigenvalue weighted by atomic mass is 9.99. The third-order valence-corrected chi connectivity index (χ3v) is 5.52. The number of pyridine rings is 1. The largest absolute Gasteiger partial charge is 0.444 e. The van der Waals surface area contributed by atoms with Crippen molar-refractivity contribution in [3.63, 3.8) is 0 Å². The normalized spacial score (nSPS) is 19.4. The molecule has 4 rings (SSSR count). The maximum atomic E-state index is 14.9. The summed E-state index contributed by atoms with van der Waals surface area (Å²) in [4.78, 5) is 18.2. The Balaban J connectivity index is 1.49. The van der Waals surface area contributed by atoms with E-state index in [1.165, 1.54) is 6.07 Å². The molecule has 3 N–H and O–H groups in total. The van der Waals surface area contributed by atoms with E-state index < -0.39 is 11.9 Å². The lowest BCUT2D eigenvalue weighted by Gasteiger charge is -2.15. The molecule has 156 valence electrons. The number of aromatic nitrogens is 1. The van der Waals surface area contributed by atoms with Crippen LogP contribution in [0.2, 0.25) is 0 Å². The lowest BCUT2D eigenvalue weighted by molar-refractivity contribution is 0.129. The predicted octanol–water partition coefficient (Wildman–Crippen LogP) is 3.69. The van der Waals surface area contributed by atoms with Gasteiger partial charge in [0.25, 0.3) is 0 Å². The van der Waals surface area contributed by atoms with Gasteiger partial charge in [-0.25, -0.2) is 14.7 Å². The van der Waals surface area contributed by atoms with Gasteiger partial charge in [0, 0.05) is 36.1 Å². The molecular formula is C21H23FN6O2. The number of halogens is 1. The zero-order valence-corrected chi connectivity index (χ0v) is 16.6. The Hall–Kier alpha value is -3.20. The summed E-state index contributed by atoms with van der Waals surface area (Å²) in [7, 11) is 0. The fourth-order valence-corrected chi connectivity index (χ4v) is 4.04. The highest BCUT2D eigenvalue weighted by Crippen LogP contribution is 2.42. The number of ether oxygens (including phenoxy) is 1. The third kappa shape index (κ3) is 3.68. The van der Waals surface area contributed by atoms with Crippen molar-refractivity contribution < 1.29 is 13.9 Å². The van der Waals surface area contributed by atoms with E-state index in [9.17, 15) is 9.18 Å². The number of hydrogen-bond acceptors (Lipinski definition) is 7. The summed E-state index contributed by atoms with van der Waals surface area (Å²) >= 11 is 0. The molecule has 2 unspecified atom stereocenters. The fraction of sp³-hybridized carbons (Fsp3) is 0.381. The van der Waals surface area contributed by atoms with E-state index in [2.05, 4.69) is 15.4 Å². The molecule has 1 aromatic heterocycles. The van der Waals surface area contributed by atoms with Gasteiger partial charge in [-0.15, -0.1) is 0 Å². The number of carbonyl (C=O) groups excluding carboxylic acids is 1. The Bertz CT molecular complexity index is 994. The molecule has 0 aliphatic carbocycles. The first-order valence-corrected chi connectivity index (χ1v) is 9.89. The first-order chi connectivity index (χ1) is 14.5. The van der Waals surface area contributed by atoms with Gasteiger partial charge in [0.15, 0.2) is 0 Å². The first-order valence-electron chi connectivity index (χ1n) is 9.89. The summed E-state index contributed by atoms with van der Waals surface area (Å²) in [6, 6.07) is 6.79. The summed E-state index contributed by atoms with van der Waals surface area (Å²) in [6.45, 7) is 2.87. The highest BCUT2D eigenvalue weighted by atomic mass is 19.1. The zero-order chi connectivity index (χ0) is 21.3. The van der Waals surface area contributed by atoms with Crippen LogP contribution in [0.25, 0.3) is 11.1 Å². The van der Waals surface area contributed by atoms with Gasteiger partial charge in [-0.3, -0.25) is 9.88 Å². The molecule has 2 aliphatic rings. The zero-order valence-electron chi connectivity index (χ0n) is 16.6. The highest BCUT2D eigenvalue weighted by Gasteiger charge is 2.47. The van der Waals surface area contributed by atoms with Crippen molar-refractivity contribution in [2.75, 3.05) is 18.0 Å². The molecule has 1 aromatic carbocycles. The van der Waals surface area contributed by atoms with Gasteiger partial charge in [0.2, 0.25) is 0 Å². The van der Waals surface area contributed by atoms with E-state index in [0.29, 0.717) is 42.0 Å². The van der Waals surface area contributed by atoms with Gasteiger partial charge >= 0.3 is 6.09 Å². The topological polar surface area (TPSA) is 115 Å². The molecule has 1 saturated heterocycles. The van der Waals surface area contributed by atoms with Crippen molar-refractivity contribution in [3.8, 4) is 11.1 Å². The van der Waals surface area contributed by atoms with Gasteiger partial charge in [-0.1, -0.05) is 13.0 Å². The van der Waals surface area contributed by atoms with Crippen LogP contribution < -0.4 is 10.2 Å². The third-order valence-electron chi connectivity index (χ3n) is 5.52. The summed E-state index contributed by atoms with van der Waals surface area (Å²) in [5.74, 6) is -0.401. The Kier molecular flexibility index (Phi) is 5.54. The van der Waals surface area contributed by atoms with Crippen LogP contribution in [-0.2, 0) is 17.7 Å². The number of anilines is 1. The van der Waals surface area contributed by atoms with Gasteiger partial charge in [-0.2, -0.15) is 5.11 Å². The second-order valence-electron chi connectivity index (χ2n) is 7.49. The van der Waals surface area contributed by atoms with Crippen LogP contribution >= 0.6 is 0 Å². The number of benzene rings is 1. The maximum absolute atomic E-state index is 14.9. The van der Waals surface area contributed by atoms with E-state index >= 15 is 0 Å². The van der Waals surface area contributed by atoms with Crippen LogP contribution in [0.3, 0.4) is 0 Å². The van der Waals surface area contributed by atoms with Crippen molar-refractivity contribution in [1.29, 1.82) is 10.9 Å². The second kappa shape index (κ2) is 8.27. The van der Waals surface area contributed by atoms with Crippen LogP contribution in [-0.4, -0.2) is 42.0 Å². The molecule has 2 aliphatic heterocycles. The molecular weight excluding hydrogens is 387 g/mol. The van der Waals surface area contributed by atoms with E-state index in [0.717, 1.165) is 17.7 Å². The molecule has 2 aromatic rings. The molecule has 0 radical (unpaired) electrons.